The van der Waals surface area contributed by atoms with E-state index in [4.69, 9.17) is 9.84 Å². The topological polar surface area (TPSA) is 30.3 Å². The molecule has 1 aliphatic heterocycles. The van der Waals surface area contributed by atoms with Gasteiger partial charge in [0, 0.05) is 38.4 Å². The zero-order valence-corrected chi connectivity index (χ0v) is 15.3. The van der Waals surface area contributed by atoms with Crippen molar-refractivity contribution in [3.63, 3.8) is 0 Å². The molecule has 0 bridgehead atoms. The average Bonchev–Trinajstić information content (AvgIpc) is 3.06. The van der Waals surface area contributed by atoms with Crippen molar-refractivity contribution in [3.05, 3.63) is 47.8 Å². The van der Waals surface area contributed by atoms with Gasteiger partial charge in [0.15, 0.2) is 0 Å². The van der Waals surface area contributed by atoms with Gasteiger partial charge in [0.2, 0.25) is 0 Å². The van der Waals surface area contributed by atoms with Crippen LogP contribution in [0.3, 0.4) is 0 Å². The van der Waals surface area contributed by atoms with Gasteiger partial charge in [0.25, 0.3) is 0 Å². The fourth-order valence-electron chi connectivity index (χ4n) is 3.23. The Labute approximate surface area is 145 Å². The molecule has 0 saturated carbocycles. The number of hydrogen-bond acceptors (Lipinski definition) is 3. The van der Waals surface area contributed by atoms with Gasteiger partial charge in [-0.05, 0) is 36.6 Å². The molecule has 4 nitrogen and oxygen atoms in total. The second kappa shape index (κ2) is 7.08. The first kappa shape index (κ1) is 17.2. The smallest absolute Gasteiger partial charge is 0.0682 e. The highest BCUT2D eigenvalue weighted by Crippen LogP contribution is 2.22. The Kier molecular flexibility index (Phi) is 5.07. The van der Waals surface area contributed by atoms with Crippen molar-refractivity contribution < 1.29 is 4.74 Å². The highest BCUT2D eigenvalue weighted by Gasteiger charge is 2.19. The predicted molar refractivity (Wildman–Crippen MR) is 97.6 cm³/mol. The van der Waals surface area contributed by atoms with Gasteiger partial charge in [-0.3, -0.25) is 4.90 Å². The number of likely N-dealkylation sites (tertiary alicyclic amines) is 1. The van der Waals surface area contributed by atoms with Crippen molar-refractivity contribution >= 4 is 0 Å². The van der Waals surface area contributed by atoms with Crippen molar-refractivity contribution in [1.29, 1.82) is 0 Å². The van der Waals surface area contributed by atoms with E-state index in [0.717, 1.165) is 43.9 Å². The lowest BCUT2D eigenvalue weighted by molar-refractivity contribution is 0.0388. The maximum Gasteiger partial charge on any atom is 0.0682 e. The van der Waals surface area contributed by atoms with Crippen LogP contribution in [0.15, 0.2) is 36.5 Å². The fourth-order valence-corrected chi connectivity index (χ4v) is 3.23. The van der Waals surface area contributed by atoms with Gasteiger partial charge in [-0.2, -0.15) is 5.10 Å². The molecule has 1 aromatic heterocycles. The monoisotopic (exact) mass is 327 g/mol. The zero-order valence-electron chi connectivity index (χ0n) is 15.3. The van der Waals surface area contributed by atoms with E-state index in [1.807, 2.05) is 11.8 Å². The Morgan fingerprint density at radius 3 is 2.54 bits per heavy atom. The molecular formula is C20H29N3O. The van der Waals surface area contributed by atoms with E-state index in [9.17, 15) is 0 Å². The molecule has 1 saturated heterocycles. The Balaban J connectivity index is 1.69. The minimum absolute atomic E-state index is 0.0779. The summed E-state index contributed by atoms with van der Waals surface area (Å²) in [6.07, 6.45) is 4.76. The minimum atomic E-state index is 0.0779. The van der Waals surface area contributed by atoms with Crippen molar-refractivity contribution in [2.24, 2.45) is 0 Å². The summed E-state index contributed by atoms with van der Waals surface area (Å²) in [6, 6.07) is 10.8. The molecule has 0 amide bonds. The molecule has 0 unspecified atom stereocenters. The molecule has 2 aromatic rings. The third kappa shape index (κ3) is 4.05. The largest absolute Gasteiger partial charge is 0.381 e. The molecule has 0 N–H and O–H groups in total. The van der Waals surface area contributed by atoms with E-state index in [0.29, 0.717) is 6.10 Å². The summed E-state index contributed by atoms with van der Waals surface area (Å²) < 4.78 is 7.45. The van der Waals surface area contributed by atoms with E-state index < -0.39 is 0 Å². The SMILES string of the molecule is COC1CCN(Cc2cccc(-n3ccc(C(C)(C)C)n3)c2)CC1. The van der Waals surface area contributed by atoms with Crippen molar-refractivity contribution in [1.82, 2.24) is 14.7 Å². The lowest BCUT2D eigenvalue weighted by atomic mass is 9.93. The van der Waals surface area contributed by atoms with Crippen LogP contribution in [-0.2, 0) is 16.7 Å². The van der Waals surface area contributed by atoms with Crippen molar-refractivity contribution in [3.8, 4) is 5.69 Å². The molecule has 1 aromatic carbocycles. The van der Waals surface area contributed by atoms with Crippen molar-refractivity contribution in [2.45, 2.75) is 51.7 Å². The van der Waals surface area contributed by atoms with E-state index in [1.165, 1.54) is 5.56 Å². The molecule has 1 aliphatic rings. The summed E-state index contributed by atoms with van der Waals surface area (Å²) in [5, 5.41) is 4.75. The van der Waals surface area contributed by atoms with Crippen LogP contribution in [0.1, 0.15) is 44.9 Å². The molecular weight excluding hydrogens is 298 g/mol. The first-order valence-electron chi connectivity index (χ1n) is 8.86. The molecule has 2 heterocycles. The number of nitrogens with zero attached hydrogens (tertiary/aromatic N) is 3. The third-order valence-electron chi connectivity index (χ3n) is 4.81. The standard InChI is InChI=1S/C20H29N3O/c1-20(2,3)19-10-13-23(21-19)17-7-5-6-16(14-17)15-22-11-8-18(24-4)9-12-22/h5-7,10,13-14,18H,8-9,11-12,15H2,1-4H3. The third-order valence-corrected chi connectivity index (χ3v) is 4.81. The molecule has 4 heteroatoms. The van der Waals surface area contributed by atoms with Crippen LogP contribution in [0.2, 0.25) is 0 Å². The van der Waals surface area contributed by atoms with Gasteiger partial charge in [-0.15, -0.1) is 0 Å². The lowest BCUT2D eigenvalue weighted by Crippen LogP contribution is -2.36. The van der Waals surface area contributed by atoms with Gasteiger partial charge >= 0.3 is 0 Å². The number of ether oxygens (including phenoxy) is 1. The maximum absolute atomic E-state index is 5.46. The Morgan fingerprint density at radius 1 is 1.17 bits per heavy atom. The second-order valence-electron chi connectivity index (χ2n) is 7.78. The number of benzene rings is 1. The first-order chi connectivity index (χ1) is 11.5. The van der Waals surface area contributed by atoms with Crippen LogP contribution >= 0.6 is 0 Å². The quantitative estimate of drug-likeness (QED) is 0.856. The maximum atomic E-state index is 5.46. The second-order valence-corrected chi connectivity index (χ2v) is 7.78. The zero-order chi connectivity index (χ0) is 17.2. The number of rotatable bonds is 4. The van der Waals surface area contributed by atoms with Crippen LogP contribution in [0.5, 0.6) is 0 Å². The minimum Gasteiger partial charge on any atom is -0.381 e. The molecule has 0 aliphatic carbocycles. The molecule has 130 valence electrons. The van der Waals surface area contributed by atoms with Crippen LogP contribution in [0, 0.1) is 0 Å². The van der Waals surface area contributed by atoms with Gasteiger partial charge in [0.05, 0.1) is 17.5 Å². The number of hydrogen-bond donors (Lipinski definition) is 0. The highest BCUT2D eigenvalue weighted by atomic mass is 16.5. The number of aromatic nitrogens is 2. The molecule has 0 atom stereocenters. The van der Waals surface area contributed by atoms with Gasteiger partial charge in [-0.25, -0.2) is 4.68 Å². The van der Waals surface area contributed by atoms with Crippen LogP contribution in [0.25, 0.3) is 5.69 Å². The Bertz CT molecular complexity index is 664. The lowest BCUT2D eigenvalue weighted by Gasteiger charge is -2.31. The summed E-state index contributed by atoms with van der Waals surface area (Å²) in [6.45, 7) is 9.80. The first-order valence-corrected chi connectivity index (χ1v) is 8.86. The number of methoxy groups -OCH3 is 1. The predicted octanol–water partition coefficient (Wildman–Crippen LogP) is 3.78. The fraction of sp³-hybridized carbons (Fsp3) is 0.550. The molecule has 24 heavy (non-hydrogen) atoms. The normalized spacial score (nSPS) is 17.3. The number of piperidine rings is 1. The summed E-state index contributed by atoms with van der Waals surface area (Å²) >= 11 is 0. The molecule has 0 radical (unpaired) electrons. The van der Waals surface area contributed by atoms with E-state index >= 15 is 0 Å². The van der Waals surface area contributed by atoms with Gasteiger partial charge in [-0.1, -0.05) is 32.9 Å². The van der Waals surface area contributed by atoms with Crippen LogP contribution in [-0.4, -0.2) is 41.0 Å². The van der Waals surface area contributed by atoms with Crippen LogP contribution < -0.4 is 0 Å². The van der Waals surface area contributed by atoms with E-state index in [-0.39, 0.29) is 5.41 Å². The summed E-state index contributed by atoms with van der Waals surface area (Å²) in [4.78, 5) is 2.51. The molecule has 0 spiro atoms. The van der Waals surface area contributed by atoms with Gasteiger partial charge in [0.1, 0.15) is 0 Å². The summed E-state index contributed by atoms with van der Waals surface area (Å²) in [7, 11) is 1.82. The summed E-state index contributed by atoms with van der Waals surface area (Å²) in [5.74, 6) is 0. The Hall–Kier alpha value is -1.65. The van der Waals surface area contributed by atoms with Crippen LogP contribution in [0.4, 0.5) is 0 Å². The van der Waals surface area contributed by atoms with E-state index in [2.05, 4.69) is 62.2 Å². The van der Waals surface area contributed by atoms with E-state index in [1.54, 1.807) is 0 Å². The average molecular weight is 327 g/mol. The molecule has 3 rings (SSSR count). The highest BCUT2D eigenvalue weighted by molar-refractivity contribution is 5.35. The van der Waals surface area contributed by atoms with Gasteiger partial charge < -0.3 is 4.74 Å². The van der Waals surface area contributed by atoms with Crippen molar-refractivity contribution in [2.75, 3.05) is 20.2 Å². The Morgan fingerprint density at radius 2 is 1.92 bits per heavy atom. The summed E-state index contributed by atoms with van der Waals surface area (Å²) in [5.41, 5.74) is 3.68. The molecule has 1 fully saturated rings.